The van der Waals surface area contributed by atoms with E-state index in [1.807, 2.05) is 12.1 Å². The zero-order valence-corrected chi connectivity index (χ0v) is 16.4. The summed E-state index contributed by atoms with van der Waals surface area (Å²) >= 11 is 0. The lowest BCUT2D eigenvalue weighted by Gasteiger charge is -2.09. The normalized spacial score (nSPS) is 10.9. The quantitative estimate of drug-likeness (QED) is 0.614. The van der Waals surface area contributed by atoms with Gasteiger partial charge in [-0.2, -0.15) is 4.72 Å². The van der Waals surface area contributed by atoms with Gasteiger partial charge in [0.2, 0.25) is 10.0 Å². The first kappa shape index (κ1) is 21.4. The van der Waals surface area contributed by atoms with Crippen LogP contribution in [0.2, 0.25) is 0 Å². The Morgan fingerprint density at radius 1 is 1.00 bits per heavy atom. The number of carbonyl (C=O) groups excluding carboxylic acids is 2. The zero-order chi connectivity index (χ0) is 20.6. The van der Waals surface area contributed by atoms with E-state index in [2.05, 4.69) is 21.7 Å². The second kappa shape index (κ2) is 9.86. The average Bonchev–Trinajstić information content (AvgIpc) is 2.71. The molecule has 0 saturated heterocycles. The lowest BCUT2D eigenvalue weighted by molar-refractivity contribution is -0.139. The van der Waals surface area contributed by atoms with Crippen LogP contribution in [0.3, 0.4) is 0 Å². The molecule has 8 nitrogen and oxygen atoms in total. The molecule has 150 valence electrons. The third kappa shape index (κ3) is 6.36. The molecule has 0 fully saturated rings. The van der Waals surface area contributed by atoms with E-state index >= 15 is 0 Å². The van der Waals surface area contributed by atoms with Crippen LogP contribution >= 0.6 is 0 Å². The van der Waals surface area contributed by atoms with Crippen molar-refractivity contribution in [3.63, 3.8) is 0 Å². The molecule has 28 heavy (non-hydrogen) atoms. The number of benzene rings is 2. The highest BCUT2D eigenvalue weighted by atomic mass is 32.2. The summed E-state index contributed by atoms with van der Waals surface area (Å²) in [5.74, 6) is -0.485. The van der Waals surface area contributed by atoms with E-state index in [-0.39, 0.29) is 17.4 Å². The first-order valence-electron chi connectivity index (χ1n) is 8.52. The summed E-state index contributed by atoms with van der Waals surface area (Å²) in [6, 6.07) is 13.0. The van der Waals surface area contributed by atoms with E-state index in [1.54, 1.807) is 12.1 Å². The van der Waals surface area contributed by atoms with Crippen LogP contribution in [0.15, 0.2) is 53.4 Å². The second-order valence-electron chi connectivity index (χ2n) is 5.76. The summed E-state index contributed by atoms with van der Waals surface area (Å²) in [5, 5.41) is 2.62. The number of rotatable bonds is 9. The molecule has 0 unspecified atom stereocenters. The number of anilines is 1. The molecule has 0 aliphatic rings. The molecule has 9 heteroatoms. The number of amides is 1. The van der Waals surface area contributed by atoms with E-state index < -0.39 is 22.5 Å². The predicted molar refractivity (Wildman–Crippen MR) is 104 cm³/mol. The summed E-state index contributed by atoms with van der Waals surface area (Å²) < 4.78 is 36.1. The molecular weight excluding hydrogens is 384 g/mol. The Hall–Kier alpha value is -2.91. The molecule has 0 aromatic heterocycles. The lowest BCUT2D eigenvalue weighted by atomic mass is 10.2. The molecule has 2 aromatic carbocycles. The fourth-order valence-corrected chi connectivity index (χ4v) is 3.16. The van der Waals surface area contributed by atoms with Crippen LogP contribution < -0.4 is 14.8 Å². The predicted octanol–water partition coefficient (Wildman–Crippen LogP) is 1.72. The van der Waals surface area contributed by atoms with Crippen LogP contribution in [0.1, 0.15) is 12.5 Å². The first-order chi connectivity index (χ1) is 13.3. The van der Waals surface area contributed by atoms with Gasteiger partial charge in [0, 0.05) is 5.69 Å². The summed E-state index contributed by atoms with van der Waals surface area (Å²) in [5.41, 5.74) is 1.59. The number of sulfonamides is 1. The second-order valence-corrected chi connectivity index (χ2v) is 7.53. The van der Waals surface area contributed by atoms with Crippen molar-refractivity contribution >= 4 is 27.6 Å². The Morgan fingerprint density at radius 3 is 2.21 bits per heavy atom. The van der Waals surface area contributed by atoms with Crippen molar-refractivity contribution in [2.45, 2.75) is 18.2 Å². The molecular formula is C19H22N2O6S. The van der Waals surface area contributed by atoms with Gasteiger partial charge in [0.1, 0.15) is 12.3 Å². The van der Waals surface area contributed by atoms with Gasteiger partial charge in [-0.3, -0.25) is 9.59 Å². The first-order valence-corrected chi connectivity index (χ1v) is 10.0. The largest absolute Gasteiger partial charge is 0.484 e. The number of aryl methyl sites for hydroxylation is 1. The molecule has 2 N–H and O–H groups in total. The number of hydrogen-bond donors (Lipinski definition) is 2. The minimum Gasteiger partial charge on any atom is -0.484 e. The Kier molecular flexibility index (Phi) is 7.53. The van der Waals surface area contributed by atoms with Gasteiger partial charge in [-0.1, -0.05) is 19.1 Å². The molecule has 2 rings (SSSR count). The molecule has 0 saturated carbocycles. The van der Waals surface area contributed by atoms with Crippen molar-refractivity contribution in [1.29, 1.82) is 0 Å². The van der Waals surface area contributed by atoms with Crippen LogP contribution in [0.25, 0.3) is 0 Å². The Labute approximate surface area is 163 Å². The molecule has 0 bridgehead atoms. The van der Waals surface area contributed by atoms with Gasteiger partial charge < -0.3 is 14.8 Å². The summed E-state index contributed by atoms with van der Waals surface area (Å²) in [6.45, 7) is 1.41. The molecule has 0 heterocycles. The van der Waals surface area contributed by atoms with Crippen LogP contribution in [0.4, 0.5) is 5.69 Å². The summed E-state index contributed by atoms with van der Waals surface area (Å²) in [4.78, 5) is 23.0. The Morgan fingerprint density at radius 2 is 1.64 bits per heavy atom. The molecule has 0 atom stereocenters. The summed E-state index contributed by atoms with van der Waals surface area (Å²) in [6.07, 6.45) is 0.921. The maximum Gasteiger partial charge on any atom is 0.320 e. The van der Waals surface area contributed by atoms with Crippen molar-refractivity contribution in [3.05, 3.63) is 54.1 Å². The topological polar surface area (TPSA) is 111 Å². The zero-order valence-electron chi connectivity index (χ0n) is 15.6. The van der Waals surface area contributed by atoms with Crippen molar-refractivity contribution in [3.8, 4) is 5.75 Å². The summed E-state index contributed by atoms with van der Waals surface area (Å²) in [7, 11) is -2.69. The molecule has 2 aromatic rings. The molecule has 0 aliphatic heterocycles. The number of ether oxygens (including phenoxy) is 2. The third-order valence-corrected chi connectivity index (χ3v) is 5.20. The average molecular weight is 406 g/mol. The van der Waals surface area contributed by atoms with Crippen LogP contribution in [-0.2, 0) is 30.8 Å². The van der Waals surface area contributed by atoms with E-state index in [0.29, 0.717) is 11.4 Å². The minimum atomic E-state index is -3.85. The fraction of sp³-hybridized carbons (Fsp3) is 0.263. The number of nitrogens with one attached hydrogen (secondary N) is 2. The van der Waals surface area contributed by atoms with E-state index in [0.717, 1.165) is 13.5 Å². The van der Waals surface area contributed by atoms with Gasteiger partial charge in [-0.25, -0.2) is 8.42 Å². The SMILES string of the molecule is CCc1ccc(OCC(=O)Nc2ccc(S(=O)(=O)NCC(=O)OC)cc2)cc1. The van der Waals surface area contributed by atoms with Crippen LogP contribution in [0, 0.1) is 0 Å². The van der Waals surface area contributed by atoms with Crippen molar-refractivity contribution in [2.24, 2.45) is 0 Å². The Balaban J connectivity index is 1.88. The molecule has 0 aliphatic carbocycles. The maximum atomic E-state index is 12.1. The number of hydrogen-bond acceptors (Lipinski definition) is 6. The molecule has 0 radical (unpaired) electrons. The van der Waals surface area contributed by atoms with Gasteiger partial charge in [0.25, 0.3) is 5.91 Å². The Bertz CT molecular complexity index is 908. The number of esters is 1. The van der Waals surface area contributed by atoms with Crippen LogP contribution in [0.5, 0.6) is 5.75 Å². The standard InChI is InChI=1S/C19H22N2O6S/c1-3-14-4-8-16(9-5-14)27-13-18(22)21-15-6-10-17(11-7-15)28(24,25)20-12-19(23)26-2/h4-11,20H,3,12-13H2,1-2H3,(H,21,22). The molecule has 1 amide bonds. The van der Waals surface area contributed by atoms with Crippen molar-refractivity contribution < 1.29 is 27.5 Å². The highest BCUT2D eigenvalue weighted by molar-refractivity contribution is 7.89. The molecule has 0 spiro atoms. The van der Waals surface area contributed by atoms with Crippen LogP contribution in [-0.4, -0.2) is 40.6 Å². The van der Waals surface area contributed by atoms with Gasteiger partial charge >= 0.3 is 5.97 Å². The monoisotopic (exact) mass is 406 g/mol. The van der Waals surface area contributed by atoms with Gasteiger partial charge in [-0.15, -0.1) is 0 Å². The van der Waals surface area contributed by atoms with Gasteiger partial charge in [0.15, 0.2) is 6.61 Å². The van der Waals surface area contributed by atoms with Gasteiger partial charge in [-0.05, 0) is 48.4 Å². The van der Waals surface area contributed by atoms with Gasteiger partial charge in [0.05, 0.1) is 12.0 Å². The number of methoxy groups -OCH3 is 1. The van der Waals surface area contributed by atoms with E-state index in [9.17, 15) is 18.0 Å². The smallest absolute Gasteiger partial charge is 0.320 e. The lowest BCUT2D eigenvalue weighted by Crippen LogP contribution is -2.30. The van der Waals surface area contributed by atoms with E-state index in [4.69, 9.17) is 4.74 Å². The maximum absolute atomic E-state index is 12.1. The van der Waals surface area contributed by atoms with Crippen molar-refractivity contribution in [1.82, 2.24) is 4.72 Å². The van der Waals surface area contributed by atoms with Crippen molar-refractivity contribution in [2.75, 3.05) is 25.6 Å². The van der Waals surface area contributed by atoms with E-state index in [1.165, 1.54) is 29.8 Å². The minimum absolute atomic E-state index is 0.0401. The fourth-order valence-electron chi connectivity index (χ4n) is 2.19. The third-order valence-electron chi connectivity index (χ3n) is 3.78. The highest BCUT2D eigenvalue weighted by Gasteiger charge is 2.15. The highest BCUT2D eigenvalue weighted by Crippen LogP contribution is 2.15. The number of carbonyl (C=O) groups is 2.